The Kier molecular flexibility index (Phi) is 3.11. The van der Waals surface area contributed by atoms with Crippen LogP contribution in [0.2, 0.25) is 0 Å². The molecule has 1 saturated carbocycles. The Morgan fingerprint density at radius 2 is 2.13 bits per heavy atom. The minimum Gasteiger partial charge on any atom is -0.349 e. The van der Waals surface area contributed by atoms with Crippen molar-refractivity contribution in [1.29, 1.82) is 0 Å². The number of hydrogen-bond acceptors (Lipinski definition) is 3. The third-order valence-corrected chi connectivity index (χ3v) is 4.12. The molecule has 2 heterocycles. The lowest BCUT2D eigenvalue weighted by Crippen LogP contribution is -2.25. The molecule has 1 aromatic carbocycles. The molecule has 0 saturated heterocycles. The van der Waals surface area contributed by atoms with Crippen LogP contribution in [0.15, 0.2) is 30.6 Å². The van der Waals surface area contributed by atoms with Gasteiger partial charge in [0.15, 0.2) is 0 Å². The first-order valence-electron chi connectivity index (χ1n) is 7.52. The normalized spacial score (nSPS) is 14.2. The SMILES string of the molecule is Cc1c(F)cc(C(=O)NC2CC2)cc1-c1cc2cn[nH]c2cn1. The van der Waals surface area contributed by atoms with Gasteiger partial charge in [0.25, 0.3) is 5.91 Å². The first kappa shape index (κ1) is 13.9. The molecule has 0 radical (unpaired) electrons. The van der Waals surface area contributed by atoms with Crippen molar-refractivity contribution in [3.05, 3.63) is 47.5 Å². The van der Waals surface area contributed by atoms with Crippen LogP contribution < -0.4 is 5.32 Å². The van der Waals surface area contributed by atoms with Gasteiger partial charge in [0, 0.05) is 22.6 Å². The number of carbonyl (C=O) groups excluding carboxylic acids is 1. The average Bonchev–Trinajstić information content (AvgIpc) is 3.23. The number of amides is 1. The van der Waals surface area contributed by atoms with Gasteiger partial charge in [-0.05, 0) is 43.5 Å². The summed E-state index contributed by atoms with van der Waals surface area (Å²) in [5.74, 6) is -0.644. The Hall–Kier alpha value is -2.76. The molecule has 0 bridgehead atoms. The molecule has 116 valence electrons. The summed E-state index contributed by atoms with van der Waals surface area (Å²) < 4.78 is 14.3. The number of aromatic amines is 1. The van der Waals surface area contributed by atoms with Crippen molar-refractivity contribution >= 4 is 16.8 Å². The van der Waals surface area contributed by atoms with Crippen molar-refractivity contribution in [3.8, 4) is 11.3 Å². The van der Waals surface area contributed by atoms with E-state index in [1.54, 1.807) is 25.4 Å². The highest BCUT2D eigenvalue weighted by Gasteiger charge is 2.24. The zero-order valence-corrected chi connectivity index (χ0v) is 12.6. The number of nitrogens with zero attached hydrogens (tertiary/aromatic N) is 2. The highest BCUT2D eigenvalue weighted by atomic mass is 19.1. The fourth-order valence-corrected chi connectivity index (χ4v) is 2.56. The molecule has 1 amide bonds. The van der Waals surface area contributed by atoms with E-state index in [0.717, 1.165) is 23.7 Å². The van der Waals surface area contributed by atoms with Crippen LogP contribution in [0.5, 0.6) is 0 Å². The van der Waals surface area contributed by atoms with E-state index in [0.29, 0.717) is 22.4 Å². The number of rotatable bonds is 3. The molecule has 0 spiro atoms. The van der Waals surface area contributed by atoms with Crippen LogP contribution in [0, 0.1) is 12.7 Å². The summed E-state index contributed by atoms with van der Waals surface area (Å²) in [5, 5.41) is 10.6. The zero-order chi connectivity index (χ0) is 16.0. The Balaban J connectivity index is 1.79. The van der Waals surface area contributed by atoms with Crippen molar-refractivity contribution < 1.29 is 9.18 Å². The number of benzene rings is 1. The maximum absolute atomic E-state index is 14.3. The maximum atomic E-state index is 14.3. The minimum absolute atomic E-state index is 0.232. The minimum atomic E-state index is -0.405. The van der Waals surface area contributed by atoms with Gasteiger partial charge in [0.1, 0.15) is 5.82 Å². The first-order valence-corrected chi connectivity index (χ1v) is 7.52. The average molecular weight is 310 g/mol. The summed E-state index contributed by atoms with van der Waals surface area (Å²) in [6.45, 7) is 1.69. The molecule has 1 aliphatic rings. The van der Waals surface area contributed by atoms with Crippen molar-refractivity contribution in [2.24, 2.45) is 0 Å². The monoisotopic (exact) mass is 310 g/mol. The molecular formula is C17H15FN4O. The fourth-order valence-electron chi connectivity index (χ4n) is 2.56. The molecule has 1 fully saturated rings. The van der Waals surface area contributed by atoms with Gasteiger partial charge < -0.3 is 5.32 Å². The number of fused-ring (bicyclic) bond motifs is 1. The molecule has 2 N–H and O–H groups in total. The number of nitrogens with one attached hydrogen (secondary N) is 2. The summed E-state index contributed by atoms with van der Waals surface area (Å²) in [5.41, 5.74) is 2.85. The second-order valence-corrected chi connectivity index (χ2v) is 5.91. The lowest BCUT2D eigenvalue weighted by atomic mass is 10.00. The molecular weight excluding hydrogens is 295 g/mol. The van der Waals surface area contributed by atoms with Gasteiger partial charge in [-0.15, -0.1) is 0 Å². The topological polar surface area (TPSA) is 70.7 Å². The van der Waals surface area contributed by atoms with E-state index in [1.807, 2.05) is 6.07 Å². The predicted molar refractivity (Wildman–Crippen MR) is 84.5 cm³/mol. The number of pyridine rings is 1. The second-order valence-electron chi connectivity index (χ2n) is 5.91. The molecule has 4 rings (SSSR count). The van der Waals surface area contributed by atoms with Crippen molar-refractivity contribution in [2.75, 3.05) is 0 Å². The number of aromatic nitrogens is 3. The highest BCUT2D eigenvalue weighted by molar-refractivity contribution is 5.96. The van der Waals surface area contributed by atoms with E-state index < -0.39 is 5.82 Å². The summed E-state index contributed by atoms with van der Waals surface area (Å²) in [6, 6.07) is 5.05. The van der Waals surface area contributed by atoms with Crippen molar-refractivity contribution in [1.82, 2.24) is 20.5 Å². The van der Waals surface area contributed by atoms with Gasteiger partial charge in [0.05, 0.1) is 23.6 Å². The molecule has 23 heavy (non-hydrogen) atoms. The lowest BCUT2D eigenvalue weighted by molar-refractivity contribution is 0.0950. The van der Waals surface area contributed by atoms with E-state index in [2.05, 4.69) is 20.5 Å². The van der Waals surface area contributed by atoms with Crippen LogP contribution in [0.4, 0.5) is 4.39 Å². The number of carbonyl (C=O) groups is 1. The smallest absolute Gasteiger partial charge is 0.251 e. The van der Waals surface area contributed by atoms with Gasteiger partial charge in [-0.3, -0.25) is 14.9 Å². The van der Waals surface area contributed by atoms with Crippen LogP contribution in [0.1, 0.15) is 28.8 Å². The third-order valence-electron chi connectivity index (χ3n) is 4.12. The predicted octanol–water partition coefficient (Wildman–Crippen LogP) is 2.96. The molecule has 0 aliphatic heterocycles. The van der Waals surface area contributed by atoms with Crippen LogP contribution in [-0.2, 0) is 0 Å². The van der Waals surface area contributed by atoms with Gasteiger partial charge >= 0.3 is 0 Å². The van der Waals surface area contributed by atoms with Crippen LogP contribution >= 0.6 is 0 Å². The lowest BCUT2D eigenvalue weighted by Gasteiger charge is -2.10. The summed E-state index contributed by atoms with van der Waals surface area (Å²) in [6.07, 6.45) is 5.33. The standard InChI is InChI=1S/C17H15FN4O/c1-9-13(15-6-11-7-20-22-16(11)8-19-15)4-10(5-14(9)18)17(23)21-12-2-3-12/h4-8,12H,2-3H2,1H3,(H,20,22)(H,21,23). The van der Waals surface area contributed by atoms with E-state index in [1.165, 1.54) is 6.07 Å². The van der Waals surface area contributed by atoms with Gasteiger partial charge in [-0.25, -0.2) is 4.39 Å². The molecule has 0 atom stereocenters. The number of hydrogen-bond donors (Lipinski definition) is 2. The van der Waals surface area contributed by atoms with Gasteiger partial charge in [0.2, 0.25) is 0 Å². The highest BCUT2D eigenvalue weighted by Crippen LogP contribution is 2.28. The van der Waals surface area contributed by atoms with Crippen LogP contribution in [0.3, 0.4) is 0 Å². The summed E-state index contributed by atoms with van der Waals surface area (Å²) >= 11 is 0. The van der Waals surface area contributed by atoms with E-state index in [9.17, 15) is 9.18 Å². The van der Waals surface area contributed by atoms with Crippen LogP contribution in [-0.4, -0.2) is 27.1 Å². The zero-order valence-electron chi connectivity index (χ0n) is 12.6. The number of H-pyrrole nitrogens is 1. The van der Waals surface area contributed by atoms with Crippen LogP contribution in [0.25, 0.3) is 22.2 Å². The summed E-state index contributed by atoms with van der Waals surface area (Å²) in [4.78, 5) is 16.6. The molecule has 5 nitrogen and oxygen atoms in total. The van der Waals surface area contributed by atoms with Crippen molar-refractivity contribution in [3.63, 3.8) is 0 Å². The maximum Gasteiger partial charge on any atom is 0.251 e. The Morgan fingerprint density at radius 1 is 1.30 bits per heavy atom. The van der Waals surface area contributed by atoms with E-state index >= 15 is 0 Å². The van der Waals surface area contributed by atoms with Gasteiger partial charge in [-0.1, -0.05) is 0 Å². The molecule has 0 unspecified atom stereocenters. The van der Waals surface area contributed by atoms with Gasteiger partial charge in [-0.2, -0.15) is 5.10 Å². The van der Waals surface area contributed by atoms with E-state index in [-0.39, 0.29) is 11.9 Å². The number of halogens is 1. The second kappa shape index (κ2) is 5.15. The fraction of sp³-hybridized carbons (Fsp3) is 0.235. The first-order chi connectivity index (χ1) is 11.1. The van der Waals surface area contributed by atoms with Crippen molar-refractivity contribution in [2.45, 2.75) is 25.8 Å². The Labute approximate surface area is 131 Å². The molecule has 6 heteroatoms. The third kappa shape index (κ3) is 2.56. The molecule has 2 aromatic heterocycles. The summed E-state index contributed by atoms with van der Waals surface area (Å²) in [7, 11) is 0. The molecule has 3 aromatic rings. The Bertz CT molecular complexity index is 914. The molecule has 1 aliphatic carbocycles. The Morgan fingerprint density at radius 3 is 2.91 bits per heavy atom. The largest absolute Gasteiger partial charge is 0.349 e. The van der Waals surface area contributed by atoms with E-state index in [4.69, 9.17) is 0 Å². The quantitative estimate of drug-likeness (QED) is 0.781.